The molecule has 0 N–H and O–H groups in total. The number of carbonyl (C=O) groups excluding carboxylic acids is 1. The zero-order chi connectivity index (χ0) is 12.3. The molecule has 0 saturated carbocycles. The highest BCUT2D eigenvalue weighted by Crippen LogP contribution is 2.07. The minimum absolute atomic E-state index is 0.407. The van der Waals surface area contributed by atoms with Gasteiger partial charge in [-0.1, -0.05) is 19.2 Å². The predicted octanol–water partition coefficient (Wildman–Crippen LogP) is 1.65. The van der Waals surface area contributed by atoms with Crippen LogP contribution in [0.15, 0.2) is 24.9 Å². The Morgan fingerprint density at radius 1 is 1.50 bits per heavy atom. The average Bonchev–Trinajstić information content (AvgIpc) is 2.46. The molecule has 0 aliphatic rings. The van der Waals surface area contributed by atoms with Crippen molar-refractivity contribution in [1.82, 2.24) is 4.57 Å². The molecule has 1 aromatic heterocycles. The van der Waals surface area contributed by atoms with Crippen LogP contribution in [-0.4, -0.2) is 16.3 Å². The largest absolute Gasteiger partial charge is 0.443 e. The van der Waals surface area contributed by atoms with Gasteiger partial charge in [0.2, 0.25) is 0 Å². The molecule has 0 aliphatic carbocycles. The van der Waals surface area contributed by atoms with Crippen LogP contribution < -0.4 is 10.6 Å². The summed E-state index contributed by atoms with van der Waals surface area (Å²) < 4.78 is 6.69. The highest BCUT2D eigenvalue weighted by molar-refractivity contribution is 5.71. The molecule has 86 valence electrons. The molecule has 1 heterocycles. The molecule has 0 bridgehead atoms. The molecule has 1 rings (SSSR count). The maximum Gasteiger partial charge on any atom is 0.418 e. The van der Waals surface area contributed by atoms with Crippen LogP contribution in [0, 0.1) is 0 Å². The molecule has 0 fully saturated rings. The smallest absolute Gasteiger partial charge is 0.418 e. The molecule has 0 saturated heterocycles. The van der Waals surface area contributed by atoms with Gasteiger partial charge in [0.25, 0.3) is 0 Å². The van der Waals surface area contributed by atoms with E-state index in [-0.39, 0.29) is 0 Å². The van der Waals surface area contributed by atoms with Gasteiger partial charge in [-0.2, -0.15) is 0 Å². The van der Waals surface area contributed by atoms with Crippen LogP contribution in [0.2, 0.25) is 0 Å². The Labute approximate surface area is 95.3 Å². The molecule has 0 unspecified atom stereocenters. The lowest BCUT2D eigenvalue weighted by atomic mass is 10.2. The van der Waals surface area contributed by atoms with E-state index < -0.39 is 11.7 Å². The molecule has 0 atom stereocenters. The molecule has 0 radical (unpaired) electrons. The Morgan fingerprint density at radius 2 is 2.12 bits per heavy atom. The van der Waals surface area contributed by atoms with E-state index in [9.17, 15) is 4.79 Å². The Morgan fingerprint density at radius 3 is 2.62 bits per heavy atom. The van der Waals surface area contributed by atoms with E-state index in [1.165, 1.54) is 4.57 Å². The fourth-order valence-corrected chi connectivity index (χ4v) is 1.25. The van der Waals surface area contributed by atoms with Crippen LogP contribution in [0.4, 0.5) is 4.79 Å². The van der Waals surface area contributed by atoms with E-state index in [1.54, 1.807) is 24.4 Å². The molecule has 0 aliphatic heterocycles. The summed E-state index contributed by atoms with van der Waals surface area (Å²) in [5.74, 6) is 0. The molecule has 16 heavy (non-hydrogen) atoms. The summed E-state index contributed by atoms with van der Waals surface area (Å²) in [6.45, 7) is 12.9. The van der Waals surface area contributed by atoms with Gasteiger partial charge in [0.05, 0.1) is 5.35 Å². The predicted molar refractivity (Wildman–Crippen MR) is 65.5 cm³/mol. The second-order valence-electron chi connectivity index (χ2n) is 4.48. The minimum Gasteiger partial charge on any atom is -0.443 e. The van der Waals surface area contributed by atoms with E-state index >= 15 is 0 Å². The first-order valence-corrected chi connectivity index (χ1v) is 5.07. The van der Waals surface area contributed by atoms with Crippen LogP contribution in [0.5, 0.6) is 0 Å². The average molecular weight is 219 g/mol. The number of carbonyl (C=O) groups is 1. The maximum atomic E-state index is 11.8. The topological polar surface area (TPSA) is 31.2 Å². The van der Waals surface area contributed by atoms with Gasteiger partial charge < -0.3 is 4.74 Å². The Balaban J connectivity index is 3.16. The van der Waals surface area contributed by atoms with Crippen molar-refractivity contribution in [1.29, 1.82) is 0 Å². The molecule has 0 spiro atoms. The lowest BCUT2D eigenvalue weighted by molar-refractivity contribution is 0.0532. The van der Waals surface area contributed by atoms with E-state index in [0.29, 0.717) is 5.35 Å². The van der Waals surface area contributed by atoms with Crippen LogP contribution >= 0.6 is 0 Å². The van der Waals surface area contributed by atoms with Crippen molar-refractivity contribution < 1.29 is 9.53 Å². The van der Waals surface area contributed by atoms with Crippen molar-refractivity contribution in [3.8, 4) is 0 Å². The lowest BCUT2D eigenvalue weighted by Crippen LogP contribution is -2.36. The normalized spacial score (nSPS) is 12.6. The quantitative estimate of drug-likeness (QED) is 0.719. The highest BCUT2D eigenvalue weighted by atomic mass is 16.6. The monoisotopic (exact) mass is 219 g/mol. The van der Waals surface area contributed by atoms with Crippen LogP contribution in [0.3, 0.4) is 0 Å². The summed E-state index contributed by atoms with van der Waals surface area (Å²) in [5.41, 5.74) is -0.506. The fourth-order valence-electron chi connectivity index (χ4n) is 1.25. The number of aromatic nitrogens is 1. The molecule has 3 nitrogen and oxygen atoms in total. The van der Waals surface area contributed by atoms with Crippen LogP contribution in [-0.2, 0) is 4.74 Å². The Kier molecular flexibility index (Phi) is 3.38. The van der Waals surface area contributed by atoms with Crippen molar-refractivity contribution in [3.63, 3.8) is 0 Å². The first-order valence-electron chi connectivity index (χ1n) is 5.07. The summed E-state index contributed by atoms with van der Waals surface area (Å²) in [5, 5.41) is 1.47. The van der Waals surface area contributed by atoms with E-state index in [1.807, 2.05) is 20.8 Å². The lowest BCUT2D eigenvalue weighted by Gasteiger charge is -2.19. The number of rotatable bonds is 1. The second kappa shape index (κ2) is 4.39. The van der Waals surface area contributed by atoms with Crippen molar-refractivity contribution in [2.75, 3.05) is 0 Å². The molecular weight excluding hydrogens is 202 g/mol. The number of nitrogens with zero attached hydrogens (tertiary/aromatic N) is 1. The number of hydrogen-bond acceptors (Lipinski definition) is 2. The van der Waals surface area contributed by atoms with Gasteiger partial charge in [-0.15, -0.1) is 0 Å². The number of allylic oxidation sites excluding steroid dienone is 1. The fraction of sp³-hybridized carbons (Fsp3) is 0.308. The number of ether oxygens (including phenoxy) is 1. The molecule has 3 heteroatoms. The zero-order valence-electron chi connectivity index (χ0n) is 9.99. The van der Waals surface area contributed by atoms with Crippen molar-refractivity contribution in [2.45, 2.75) is 26.4 Å². The second-order valence-corrected chi connectivity index (χ2v) is 4.48. The van der Waals surface area contributed by atoms with Gasteiger partial charge in [0, 0.05) is 6.20 Å². The van der Waals surface area contributed by atoms with Crippen LogP contribution in [0.25, 0.3) is 12.7 Å². The van der Waals surface area contributed by atoms with Crippen molar-refractivity contribution >= 4 is 18.7 Å². The van der Waals surface area contributed by atoms with Gasteiger partial charge >= 0.3 is 6.09 Å². The number of hydrogen-bond donors (Lipinski definition) is 0. The van der Waals surface area contributed by atoms with Gasteiger partial charge in [0.1, 0.15) is 5.60 Å². The van der Waals surface area contributed by atoms with Gasteiger partial charge in [-0.05, 0) is 38.1 Å². The highest BCUT2D eigenvalue weighted by Gasteiger charge is 2.17. The van der Waals surface area contributed by atoms with Crippen LogP contribution in [0.1, 0.15) is 20.8 Å². The minimum atomic E-state index is -0.506. The third-order valence-electron chi connectivity index (χ3n) is 1.88. The summed E-state index contributed by atoms with van der Waals surface area (Å²) in [6, 6.07) is 1.76. The first kappa shape index (κ1) is 12.3. The van der Waals surface area contributed by atoms with Gasteiger partial charge in [-0.25, -0.2) is 4.79 Å². The SMILES string of the molecule is C=C/C=c1\c(=C)ccn1C(=O)OC(C)(C)C. The summed E-state index contributed by atoms with van der Waals surface area (Å²) in [7, 11) is 0. The third kappa shape index (κ3) is 2.86. The van der Waals surface area contributed by atoms with E-state index in [4.69, 9.17) is 4.74 Å². The van der Waals surface area contributed by atoms with Gasteiger partial charge in [-0.3, -0.25) is 4.57 Å². The molecule has 0 aromatic carbocycles. The van der Waals surface area contributed by atoms with Crippen molar-refractivity contribution in [3.05, 3.63) is 35.5 Å². The summed E-state index contributed by atoms with van der Waals surface area (Å²) in [4.78, 5) is 11.8. The maximum absolute atomic E-state index is 11.8. The molecule has 1 aromatic rings. The van der Waals surface area contributed by atoms with Gasteiger partial charge in [0.15, 0.2) is 0 Å². The Hall–Kier alpha value is -1.77. The summed E-state index contributed by atoms with van der Waals surface area (Å²) >= 11 is 0. The first-order chi connectivity index (χ1) is 7.35. The van der Waals surface area contributed by atoms with E-state index in [0.717, 1.165) is 5.22 Å². The summed E-state index contributed by atoms with van der Waals surface area (Å²) in [6.07, 6.45) is 4.58. The van der Waals surface area contributed by atoms with Crippen molar-refractivity contribution in [2.24, 2.45) is 0 Å². The standard InChI is InChI=1S/C13H17NO2/c1-6-7-11-10(2)8-9-14(11)12(15)16-13(3,4)5/h6-9H,1-2H2,3-5H3/b11-7+. The zero-order valence-corrected chi connectivity index (χ0v) is 9.99. The molecule has 0 amide bonds. The van der Waals surface area contributed by atoms with E-state index in [2.05, 4.69) is 13.2 Å². The molecular formula is C13H17NO2. The third-order valence-corrected chi connectivity index (χ3v) is 1.88. The Bertz CT molecular complexity index is 503.